The van der Waals surface area contributed by atoms with Crippen LogP contribution in [0.5, 0.6) is 0 Å². The highest BCUT2D eigenvalue weighted by Gasteiger charge is 2.26. The second-order valence-electron chi connectivity index (χ2n) is 9.64. The van der Waals surface area contributed by atoms with Gasteiger partial charge in [0.15, 0.2) is 17.1 Å². The summed E-state index contributed by atoms with van der Waals surface area (Å²) in [6, 6.07) is 0. The highest BCUT2D eigenvalue weighted by Crippen LogP contribution is 2.28. The molecular formula is C22H30N8. The quantitative estimate of drug-likeness (QED) is 0.559. The number of H-pyrrole nitrogens is 1. The van der Waals surface area contributed by atoms with Crippen molar-refractivity contribution in [1.29, 1.82) is 0 Å². The Morgan fingerprint density at radius 2 is 1.70 bits per heavy atom. The van der Waals surface area contributed by atoms with Crippen LogP contribution in [0, 0.1) is 0 Å². The number of aromatic nitrogens is 8. The maximum atomic E-state index is 4.81. The zero-order valence-corrected chi connectivity index (χ0v) is 19.1. The van der Waals surface area contributed by atoms with Crippen molar-refractivity contribution in [3.05, 3.63) is 40.4 Å². The molecule has 4 heterocycles. The Hall–Kier alpha value is -3.03. The Labute approximate surface area is 176 Å². The topological polar surface area (TPSA) is 89.1 Å². The van der Waals surface area contributed by atoms with Gasteiger partial charge in [-0.25, -0.2) is 4.98 Å². The number of rotatable bonds is 4. The second kappa shape index (κ2) is 6.75. The summed E-state index contributed by atoms with van der Waals surface area (Å²) < 4.78 is 3.33. The molecule has 0 fully saturated rings. The van der Waals surface area contributed by atoms with Gasteiger partial charge in [-0.15, -0.1) is 24.6 Å². The summed E-state index contributed by atoms with van der Waals surface area (Å²) in [7, 11) is 0. The van der Waals surface area contributed by atoms with E-state index in [1.165, 1.54) is 0 Å². The first-order valence-electron chi connectivity index (χ1n) is 10.4. The molecule has 0 aliphatic heterocycles. The van der Waals surface area contributed by atoms with Gasteiger partial charge in [-0.3, -0.25) is 0 Å². The van der Waals surface area contributed by atoms with Gasteiger partial charge in [-0.2, -0.15) is 5.10 Å². The minimum Gasteiger partial charge on any atom is -0.325 e. The zero-order valence-electron chi connectivity index (χ0n) is 19.1. The van der Waals surface area contributed by atoms with Crippen LogP contribution in [0.2, 0.25) is 0 Å². The maximum absolute atomic E-state index is 4.81. The molecule has 8 heteroatoms. The molecule has 0 aliphatic rings. The van der Waals surface area contributed by atoms with Gasteiger partial charge in [0.1, 0.15) is 5.82 Å². The third-order valence-corrected chi connectivity index (χ3v) is 5.12. The molecule has 0 saturated heterocycles. The highest BCUT2D eigenvalue weighted by molar-refractivity contribution is 5.74. The van der Waals surface area contributed by atoms with Crippen LogP contribution in [0.1, 0.15) is 95.8 Å². The molecule has 4 aromatic rings. The highest BCUT2D eigenvalue weighted by atomic mass is 15.5. The van der Waals surface area contributed by atoms with E-state index in [9.17, 15) is 0 Å². The van der Waals surface area contributed by atoms with Gasteiger partial charge < -0.3 is 4.98 Å². The van der Waals surface area contributed by atoms with Gasteiger partial charge in [0.25, 0.3) is 0 Å². The fraction of sp³-hybridized carbons (Fsp3) is 0.500. The van der Waals surface area contributed by atoms with Crippen LogP contribution in [-0.2, 0) is 5.41 Å². The molecule has 0 aliphatic carbocycles. The summed E-state index contributed by atoms with van der Waals surface area (Å²) in [6.07, 6.45) is 2.11. The van der Waals surface area contributed by atoms with Crippen LogP contribution < -0.4 is 5.22 Å². The van der Waals surface area contributed by atoms with Crippen molar-refractivity contribution in [3.63, 3.8) is 0 Å². The molecule has 30 heavy (non-hydrogen) atoms. The van der Waals surface area contributed by atoms with Crippen LogP contribution in [0.25, 0.3) is 22.9 Å². The largest absolute Gasteiger partial charge is 0.325 e. The smallest absolute Gasteiger partial charge is 0.185 e. The normalized spacial score (nSPS) is 13.6. The van der Waals surface area contributed by atoms with Crippen LogP contribution in [0.15, 0.2) is 6.58 Å². The average Bonchev–Trinajstić information content (AvgIpc) is 3.34. The lowest BCUT2D eigenvalue weighted by Crippen LogP contribution is -2.15. The lowest BCUT2D eigenvalue weighted by Gasteiger charge is -2.16. The summed E-state index contributed by atoms with van der Waals surface area (Å²) in [6.45, 7) is 20.9. The molecule has 0 amide bonds. The summed E-state index contributed by atoms with van der Waals surface area (Å²) >= 11 is 0. The third kappa shape index (κ3) is 3.20. The number of aromatic amines is 1. The molecule has 1 N–H and O–H groups in total. The number of hydrogen-bond donors (Lipinski definition) is 1. The third-order valence-electron chi connectivity index (χ3n) is 5.12. The van der Waals surface area contributed by atoms with E-state index in [1.54, 1.807) is 9.26 Å². The first-order valence-corrected chi connectivity index (χ1v) is 10.4. The van der Waals surface area contributed by atoms with Crippen LogP contribution in [0.3, 0.4) is 0 Å². The molecular weight excluding hydrogens is 376 g/mol. The molecule has 0 bridgehead atoms. The van der Waals surface area contributed by atoms with Gasteiger partial charge in [0.05, 0.1) is 11.4 Å². The molecule has 0 spiro atoms. The Morgan fingerprint density at radius 3 is 2.27 bits per heavy atom. The summed E-state index contributed by atoms with van der Waals surface area (Å²) in [5.41, 5.74) is 5.07. The monoisotopic (exact) mass is 406 g/mol. The predicted molar refractivity (Wildman–Crippen MR) is 118 cm³/mol. The molecule has 0 aromatic carbocycles. The van der Waals surface area contributed by atoms with Crippen LogP contribution in [0.4, 0.5) is 0 Å². The predicted octanol–water partition coefficient (Wildman–Crippen LogP) is 3.62. The van der Waals surface area contributed by atoms with E-state index in [0.717, 1.165) is 50.7 Å². The minimum absolute atomic E-state index is 0.158. The number of nitrogens with one attached hydrogen (secondary N) is 1. The van der Waals surface area contributed by atoms with Gasteiger partial charge in [-0.1, -0.05) is 55.0 Å². The van der Waals surface area contributed by atoms with Crippen LogP contribution in [-0.4, -0.2) is 39.6 Å². The van der Waals surface area contributed by atoms with E-state index >= 15 is 0 Å². The number of allylic oxidation sites excluding steroid dienone is 1. The van der Waals surface area contributed by atoms with Crippen molar-refractivity contribution in [2.75, 3.05) is 0 Å². The number of hydrogen-bond acceptors (Lipinski definition) is 5. The van der Waals surface area contributed by atoms with Crippen molar-refractivity contribution in [3.8, 4) is 0 Å². The SMILES string of the molecule is C=C(C)c1nn2nc(C(C)C)nc2c1=Cc1c(C(C)(C)C)nn2nc(C(C)C)[nH]c12. The number of nitrogens with zero attached hydrogens (tertiary/aromatic N) is 7. The van der Waals surface area contributed by atoms with Crippen molar-refractivity contribution in [2.24, 2.45) is 0 Å². The minimum atomic E-state index is -0.158. The molecule has 0 unspecified atom stereocenters. The van der Waals surface area contributed by atoms with Crippen molar-refractivity contribution in [2.45, 2.75) is 72.6 Å². The van der Waals surface area contributed by atoms with Crippen molar-refractivity contribution in [1.82, 2.24) is 39.6 Å². The first-order chi connectivity index (χ1) is 14.0. The maximum Gasteiger partial charge on any atom is 0.185 e. The average molecular weight is 407 g/mol. The van der Waals surface area contributed by atoms with Crippen LogP contribution >= 0.6 is 0 Å². The first kappa shape index (κ1) is 20.3. The van der Waals surface area contributed by atoms with E-state index in [2.05, 4.69) is 81.4 Å². The second-order valence-corrected chi connectivity index (χ2v) is 9.64. The molecule has 4 rings (SSSR count). The van der Waals surface area contributed by atoms with E-state index in [4.69, 9.17) is 10.1 Å². The van der Waals surface area contributed by atoms with Crippen molar-refractivity contribution >= 4 is 22.9 Å². The molecule has 4 aromatic heterocycles. The molecule has 8 nitrogen and oxygen atoms in total. The Balaban J connectivity index is 2.08. The van der Waals surface area contributed by atoms with E-state index in [-0.39, 0.29) is 17.3 Å². The van der Waals surface area contributed by atoms with Gasteiger partial charge in [0.2, 0.25) is 0 Å². The van der Waals surface area contributed by atoms with Gasteiger partial charge in [-0.05, 0) is 18.6 Å². The zero-order chi connectivity index (χ0) is 22.0. The summed E-state index contributed by atoms with van der Waals surface area (Å²) in [5.74, 6) is 2.19. The van der Waals surface area contributed by atoms with E-state index in [1.807, 2.05) is 6.92 Å². The van der Waals surface area contributed by atoms with Gasteiger partial charge in [0, 0.05) is 28.0 Å². The van der Waals surface area contributed by atoms with Crippen molar-refractivity contribution < 1.29 is 0 Å². The Kier molecular flexibility index (Phi) is 4.56. The lowest BCUT2D eigenvalue weighted by atomic mass is 9.89. The fourth-order valence-corrected chi connectivity index (χ4v) is 3.46. The summed E-state index contributed by atoms with van der Waals surface area (Å²) in [5, 5.41) is 19.6. The van der Waals surface area contributed by atoms with E-state index < -0.39 is 0 Å². The summed E-state index contributed by atoms with van der Waals surface area (Å²) in [4.78, 5) is 8.23. The molecule has 158 valence electrons. The molecule has 0 saturated carbocycles. The van der Waals surface area contributed by atoms with E-state index in [0.29, 0.717) is 0 Å². The molecule has 0 radical (unpaired) electrons. The van der Waals surface area contributed by atoms with Gasteiger partial charge >= 0.3 is 0 Å². The standard InChI is InChI=1S/C22H30N8/c1-11(2)16-14(20-23-18(12(3)4)27-29(20)25-16)10-15-17(22(7,8)9)26-30-21(15)24-19(28-30)13(5)6/h10,12-13H,1H2,2-9H3,(H,24,28). The Morgan fingerprint density at radius 1 is 1.00 bits per heavy atom. The molecule has 0 atom stereocenters. The Bertz CT molecular complexity index is 1310. The lowest BCUT2D eigenvalue weighted by molar-refractivity contribution is 0.554. The fourth-order valence-electron chi connectivity index (χ4n) is 3.46. The number of fused-ring (bicyclic) bond motifs is 2.